The van der Waals surface area contributed by atoms with E-state index < -0.39 is 0 Å². The molecule has 0 saturated heterocycles. The van der Waals surface area contributed by atoms with Crippen LogP contribution in [-0.4, -0.2) is 27.8 Å². The summed E-state index contributed by atoms with van der Waals surface area (Å²) in [6.07, 6.45) is 5.89. The lowest BCUT2D eigenvalue weighted by atomic mass is 9.92. The van der Waals surface area contributed by atoms with E-state index in [1.807, 2.05) is 0 Å². The van der Waals surface area contributed by atoms with Gasteiger partial charge in [0.1, 0.15) is 5.82 Å². The molecule has 0 aliphatic heterocycles. The van der Waals surface area contributed by atoms with Gasteiger partial charge in [-0.05, 0) is 25.7 Å². The molecule has 1 heterocycles. The monoisotopic (exact) mass is 259 g/mol. The van der Waals surface area contributed by atoms with Gasteiger partial charge in [0.2, 0.25) is 5.13 Å². The molecular weight excluding hydrogens is 242 g/mol. The highest BCUT2D eigenvalue weighted by atomic mass is 35.5. The molecule has 0 radical (unpaired) electrons. The van der Waals surface area contributed by atoms with Crippen molar-refractivity contribution in [3.8, 4) is 0 Å². The van der Waals surface area contributed by atoms with Crippen LogP contribution in [0.4, 0.5) is 5.13 Å². The standard InChI is InChI=1S/C11H18ClN3S/c1-2-10-13-11(16-14-10)15(8-4-7-12)9-5-3-6-9/h9H,2-8H2,1H3. The van der Waals surface area contributed by atoms with Gasteiger partial charge in [-0.2, -0.15) is 4.37 Å². The molecule has 3 nitrogen and oxygen atoms in total. The van der Waals surface area contributed by atoms with Crippen molar-refractivity contribution in [1.29, 1.82) is 0 Å². The molecule has 1 aromatic rings. The van der Waals surface area contributed by atoms with Gasteiger partial charge >= 0.3 is 0 Å². The van der Waals surface area contributed by atoms with Gasteiger partial charge in [-0.3, -0.25) is 0 Å². The first kappa shape index (κ1) is 12.1. The SMILES string of the molecule is CCc1nsc(N(CCCCl)C2CCC2)n1. The lowest BCUT2D eigenvalue weighted by Gasteiger charge is -2.37. The molecule has 5 heteroatoms. The van der Waals surface area contributed by atoms with Crippen LogP contribution < -0.4 is 4.90 Å². The van der Waals surface area contributed by atoms with Gasteiger partial charge in [0.25, 0.3) is 0 Å². The molecule has 0 aromatic carbocycles. The maximum absolute atomic E-state index is 5.77. The van der Waals surface area contributed by atoms with Crippen molar-refractivity contribution in [2.45, 2.75) is 45.1 Å². The van der Waals surface area contributed by atoms with Gasteiger partial charge in [-0.15, -0.1) is 11.6 Å². The predicted molar refractivity (Wildman–Crippen MR) is 69.6 cm³/mol. The van der Waals surface area contributed by atoms with Crippen LogP contribution in [-0.2, 0) is 6.42 Å². The van der Waals surface area contributed by atoms with Gasteiger partial charge < -0.3 is 4.90 Å². The largest absolute Gasteiger partial charge is 0.344 e. The summed E-state index contributed by atoms with van der Waals surface area (Å²) in [6.45, 7) is 3.12. The van der Waals surface area contributed by atoms with Crippen molar-refractivity contribution in [2.24, 2.45) is 0 Å². The van der Waals surface area contributed by atoms with Crippen LogP contribution in [0.3, 0.4) is 0 Å². The fraction of sp³-hybridized carbons (Fsp3) is 0.818. The Bertz CT molecular complexity index is 325. The number of alkyl halides is 1. The fourth-order valence-corrected chi connectivity index (χ4v) is 2.84. The number of aromatic nitrogens is 2. The van der Waals surface area contributed by atoms with Gasteiger partial charge in [0.15, 0.2) is 0 Å². The third-order valence-corrected chi connectivity index (χ3v) is 4.13. The molecule has 1 aliphatic rings. The summed E-state index contributed by atoms with van der Waals surface area (Å²) in [6, 6.07) is 0.681. The first-order valence-corrected chi connectivity index (χ1v) is 7.31. The summed E-state index contributed by atoms with van der Waals surface area (Å²) in [7, 11) is 0. The molecule has 2 rings (SSSR count). The van der Waals surface area contributed by atoms with Crippen molar-refractivity contribution >= 4 is 28.3 Å². The van der Waals surface area contributed by atoms with Gasteiger partial charge in [-0.25, -0.2) is 4.98 Å². The van der Waals surface area contributed by atoms with Crippen LogP contribution in [0.5, 0.6) is 0 Å². The van der Waals surface area contributed by atoms with Crippen LogP contribution in [0.15, 0.2) is 0 Å². The number of halogens is 1. The highest BCUT2D eigenvalue weighted by molar-refractivity contribution is 7.09. The zero-order valence-electron chi connectivity index (χ0n) is 9.65. The molecule has 0 amide bonds. The molecule has 0 spiro atoms. The number of hydrogen-bond acceptors (Lipinski definition) is 4. The minimum Gasteiger partial charge on any atom is -0.344 e. The second kappa shape index (κ2) is 5.82. The van der Waals surface area contributed by atoms with Crippen LogP contribution in [0.2, 0.25) is 0 Å². The molecule has 16 heavy (non-hydrogen) atoms. The van der Waals surface area contributed by atoms with E-state index in [9.17, 15) is 0 Å². The number of hydrogen-bond donors (Lipinski definition) is 0. The molecule has 90 valence electrons. The Balaban J connectivity index is 2.04. The fourth-order valence-electron chi connectivity index (χ4n) is 1.87. The number of aryl methyl sites for hydroxylation is 1. The van der Waals surface area contributed by atoms with Crippen molar-refractivity contribution in [2.75, 3.05) is 17.3 Å². The lowest BCUT2D eigenvalue weighted by molar-refractivity contribution is 0.385. The minimum atomic E-state index is 0.681. The van der Waals surface area contributed by atoms with Crippen LogP contribution >= 0.6 is 23.1 Å². The molecule has 1 fully saturated rings. The highest BCUT2D eigenvalue weighted by Gasteiger charge is 2.26. The van der Waals surface area contributed by atoms with Crippen LogP contribution in [0.25, 0.3) is 0 Å². The lowest BCUT2D eigenvalue weighted by Crippen LogP contribution is -2.41. The molecule has 0 bridgehead atoms. The van der Waals surface area contributed by atoms with Crippen molar-refractivity contribution in [1.82, 2.24) is 9.36 Å². The van der Waals surface area contributed by atoms with E-state index in [0.717, 1.165) is 36.2 Å². The molecule has 1 aliphatic carbocycles. The second-order valence-electron chi connectivity index (χ2n) is 4.17. The average Bonchev–Trinajstić information content (AvgIpc) is 2.69. The smallest absolute Gasteiger partial charge is 0.205 e. The predicted octanol–water partition coefficient (Wildman–Crippen LogP) is 3.09. The van der Waals surface area contributed by atoms with Crippen LogP contribution in [0, 0.1) is 0 Å². The molecule has 0 atom stereocenters. The van der Waals surface area contributed by atoms with E-state index in [2.05, 4.69) is 21.2 Å². The van der Waals surface area contributed by atoms with Crippen molar-refractivity contribution in [3.05, 3.63) is 5.82 Å². The average molecular weight is 260 g/mol. The zero-order chi connectivity index (χ0) is 11.4. The van der Waals surface area contributed by atoms with E-state index in [4.69, 9.17) is 11.6 Å². The summed E-state index contributed by atoms with van der Waals surface area (Å²) >= 11 is 7.30. The Labute approximate surface area is 106 Å². The number of nitrogens with zero attached hydrogens (tertiary/aromatic N) is 3. The van der Waals surface area contributed by atoms with E-state index in [1.54, 1.807) is 0 Å². The third-order valence-electron chi connectivity index (χ3n) is 3.07. The first-order valence-electron chi connectivity index (χ1n) is 6.00. The van der Waals surface area contributed by atoms with Gasteiger partial charge in [-0.1, -0.05) is 6.92 Å². The molecule has 1 aromatic heterocycles. The maximum Gasteiger partial charge on any atom is 0.205 e. The van der Waals surface area contributed by atoms with Crippen molar-refractivity contribution < 1.29 is 0 Å². The molecule has 0 unspecified atom stereocenters. The summed E-state index contributed by atoms with van der Waals surface area (Å²) in [4.78, 5) is 6.98. The maximum atomic E-state index is 5.77. The number of anilines is 1. The van der Waals surface area contributed by atoms with Gasteiger partial charge in [0.05, 0.1) is 0 Å². The summed E-state index contributed by atoms with van der Waals surface area (Å²) < 4.78 is 4.36. The van der Waals surface area contributed by atoms with E-state index in [-0.39, 0.29) is 0 Å². The quantitative estimate of drug-likeness (QED) is 0.735. The third kappa shape index (κ3) is 2.66. The van der Waals surface area contributed by atoms with Gasteiger partial charge in [0, 0.05) is 36.4 Å². The van der Waals surface area contributed by atoms with E-state index >= 15 is 0 Å². The zero-order valence-corrected chi connectivity index (χ0v) is 11.2. The Hall–Kier alpha value is -0.350. The molecule has 0 N–H and O–H groups in total. The highest BCUT2D eigenvalue weighted by Crippen LogP contribution is 2.30. The van der Waals surface area contributed by atoms with E-state index in [1.165, 1.54) is 30.8 Å². The van der Waals surface area contributed by atoms with E-state index in [0.29, 0.717) is 6.04 Å². The Morgan fingerprint density at radius 1 is 1.50 bits per heavy atom. The minimum absolute atomic E-state index is 0.681. The first-order chi connectivity index (χ1) is 7.85. The topological polar surface area (TPSA) is 29.0 Å². The Morgan fingerprint density at radius 3 is 2.81 bits per heavy atom. The normalized spacial score (nSPS) is 16.1. The summed E-state index contributed by atoms with van der Waals surface area (Å²) in [5.74, 6) is 1.69. The second-order valence-corrected chi connectivity index (χ2v) is 5.28. The molecule has 1 saturated carbocycles. The number of rotatable bonds is 6. The Morgan fingerprint density at radius 2 is 2.31 bits per heavy atom. The molecular formula is C11H18ClN3S. The Kier molecular flexibility index (Phi) is 4.41. The van der Waals surface area contributed by atoms with Crippen molar-refractivity contribution in [3.63, 3.8) is 0 Å². The van der Waals surface area contributed by atoms with Crippen LogP contribution in [0.1, 0.15) is 38.4 Å². The summed E-state index contributed by atoms with van der Waals surface area (Å²) in [5.41, 5.74) is 0. The summed E-state index contributed by atoms with van der Waals surface area (Å²) in [5, 5.41) is 1.09.